The maximum atomic E-state index is 4.98. The molecule has 2 unspecified atom stereocenters. The maximum Gasteiger partial charge on any atom is 0.158 e. The molecule has 0 N–H and O–H groups in total. The van der Waals surface area contributed by atoms with Gasteiger partial charge in [0.1, 0.15) is 6.17 Å². The number of fused-ring (bicyclic) bond motifs is 5. The molecule has 0 saturated carbocycles. The number of hydrogen-bond acceptors (Lipinski definition) is 3. The van der Waals surface area contributed by atoms with Gasteiger partial charge in [-0.15, -0.1) is 6.58 Å². The van der Waals surface area contributed by atoms with Crippen LogP contribution in [0, 0.1) is 26.2 Å². The minimum atomic E-state index is -0.258. The second-order valence-corrected chi connectivity index (χ2v) is 11.4. The number of anilines is 4. The van der Waals surface area contributed by atoms with Crippen LogP contribution in [-0.2, 0) is 5.41 Å². The lowest BCUT2D eigenvalue weighted by atomic mass is 9.58. The number of allylic oxidation sites excluding steroid dienone is 1. The Kier molecular flexibility index (Phi) is 5.14. The fourth-order valence-corrected chi connectivity index (χ4v) is 6.70. The molecule has 186 valence electrons. The molecule has 2 atom stereocenters. The molecule has 3 heteroatoms. The van der Waals surface area contributed by atoms with Crippen LogP contribution in [0.4, 0.5) is 22.9 Å². The summed E-state index contributed by atoms with van der Waals surface area (Å²) >= 11 is 0. The quantitative estimate of drug-likeness (QED) is 0.270. The summed E-state index contributed by atoms with van der Waals surface area (Å²) in [5.41, 5.74) is 10.8. The minimum absolute atomic E-state index is 0.0298. The number of para-hydroxylation sites is 1. The fraction of sp³-hybridized carbons (Fsp3) is 0.265. The van der Waals surface area contributed by atoms with Crippen molar-refractivity contribution in [3.05, 3.63) is 114 Å². The number of nitrogens with zero attached hydrogens (tertiary/aromatic N) is 3. The standard InChI is InChI=1S/C34H35N3/c1-8-34(7)26-19-18-25(30-23(3)14-11-15-24(30)4)21-29(26)37-31-28(17-12-20-35-31)36(32(37)33(34,5)6)27-16-10-9-13-22(27)2/h8-21,32H,1H2,2-7H3. The first kappa shape index (κ1) is 23.5. The van der Waals surface area contributed by atoms with Crippen LogP contribution in [0.2, 0.25) is 0 Å². The van der Waals surface area contributed by atoms with Crippen LogP contribution in [0.5, 0.6) is 0 Å². The van der Waals surface area contributed by atoms with Crippen molar-refractivity contribution in [3.63, 3.8) is 0 Å². The van der Waals surface area contributed by atoms with Gasteiger partial charge < -0.3 is 9.80 Å². The molecule has 0 bridgehead atoms. The summed E-state index contributed by atoms with van der Waals surface area (Å²) in [6.07, 6.45) is 4.11. The van der Waals surface area contributed by atoms with Gasteiger partial charge in [-0.3, -0.25) is 0 Å². The predicted molar refractivity (Wildman–Crippen MR) is 156 cm³/mol. The van der Waals surface area contributed by atoms with E-state index in [0.717, 1.165) is 11.5 Å². The Morgan fingerprint density at radius 3 is 2.14 bits per heavy atom. The summed E-state index contributed by atoms with van der Waals surface area (Å²) in [5.74, 6) is 1.01. The molecule has 0 saturated heterocycles. The molecule has 37 heavy (non-hydrogen) atoms. The van der Waals surface area contributed by atoms with E-state index in [1.165, 1.54) is 44.8 Å². The highest BCUT2D eigenvalue weighted by Crippen LogP contribution is 2.62. The van der Waals surface area contributed by atoms with Crippen molar-refractivity contribution in [3.8, 4) is 11.1 Å². The van der Waals surface area contributed by atoms with E-state index in [4.69, 9.17) is 4.98 Å². The van der Waals surface area contributed by atoms with E-state index < -0.39 is 0 Å². The van der Waals surface area contributed by atoms with E-state index >= 15 is 0 Å². The highest BCUT2D eigenvalue weighted by Gasteiger charge is 2.59. The van der Waals surface area contributed by atoms with Gasteiger partial charge in [0, 0.05) is 28.4 Å². The second kappa shape index (κ2) is 8.08. The molecular weight excluding hydrogens is 450 g/mol. The van der Waals surface area contributed by atoms with Crippen LogP contribution in [0.25, 0.3) is 11.1 Å². The van der Waals surface area contributed by atoms with Gasteiger partial charge in [0.25, 0.3) is 0 Å². The lowest BCUT2D eigenvalue weighted by molar-refractivity contribution is 0.171. The minimum Gasteiger partial charge on any atom is -0.316 e. The number of aromatic nitrogens is 1. The molecule has 0 aliphatic carbocycles. The third kappa shape index (κ3) is 3.10. The zero-order chi connectivity index (χ0) is 26.1. The van der Waals surface area contributed by atoms with E-state index in [1.54, 1.807) is 0 Å². The van der Waals surface area contributed by atoms with Crippen LogP contribution >= 0.6 is 0 Å². The Morgan fingerprint density at radius 2 is 1.43 bits per heavy atom. The van der Waals surface area contributed by atoms with Gasteiger partial charge in [-0.2, -0.15) is 0 Å². The largest absolute Gasteiger partial charge is 0.316 e. The number of rotatable bonds is 3. The number of hydrogen-bond donors (Lipinski definition) is 0. The zero-order valence-electron chi connectivity index (χ0n) is 22.7. The summed E-state index contributed by atoms with van der Waals surface area (Å²) in [7, 11) is 0. The summed E-state index contributed by atoms with van der Waals surface area (Å²) in [6.45, 7) is 18.1. The van der Waals surface area contributed by atoms with E-state index in [0.29, 0.717) is 0 Å². The van der Waals surface area contributed by atoms with Gasteiger partial charge in [0.05, 0.1) is 5.69 Å². The first-order valence-electron chi connectivity index (χ1n) is 13.1. The molecule has 2 aliphatic heterocycles. The van der Waals surface area contributed by atoms with E-state index in [-0.39, 0.29) is 17.0 Å². The van der Waals surface area contributed by atoms with Crippen molar-refractivity contribution in [1.29, 1.82) is 0 Å². The summed E-state index contributed by atoms with van der Waals surface area (Å²) in [5, 5.41) is 0. The van der Waals surface area contributed by atoms with Crippen molar-refractivity contribution in [2.24, 2.45) is 5.41 Å². The van der Waals surface area contributed by atoms with Crippen LogP contribution in [0.1, 0.15) is 43.0 Å². The normalized spacial score (nSPS) is 21.3. The molecule has 0 fully saturated rings. The van der Waals surface area contributed by atoms with Gasteiger partial charge in [0.15, 0.2) is 5.82 Å². The molecule has 2 aliphatic rings. The van der Waals surface area contributed by atoms with Gasteiger partial charge in [-0.25, -0.2) is 4.98 Å². The summed E-state index contributed by atoms with van der Waals surface area (Å²) in [6, 6.07) is 26.5. The number of benzene rings is 3. The van der Waals surface area contributed by atoms with Crippen molar-refractivity contribution in [1.82, 2.24) is 4.98 Å². The number of aryl methyl sites for hydroxylation is 3. The second-order valence-electron chi connectivity index (χ2n) is 11.4. The Balaban J connectivity index is 1.68. The van der Waals surface area contributed by atoms with Gasteiger partial charge in [0.2, 0.25) is 0 Å². The number of pyridine rings is 1. The topological polar surface area (TPSA) is 19.4 Å². The lowest BCUT2D eigenvalue weighted by Gasteiger charge is -2.56. The van der Waals surface area contributed by atoms with Crippen LogP contribution < -0.4 is 9.80 Å². The summed E-state index contributed by atoms with van der Waals surface area (Å²) < 4.78 is 0. The first-order valence-corrected chi connectivity index (χ1v) is 13.1. The maximum absolute atomic E-state index is 4.98. The fourth-order valence-electron chi connectivity index (χ4n) is 6.70. The van der Waals surface area contributed by atoms with Gasteiger partial charge in [-0.1, -0.05) is 75.4 Å². The highest BCUT2D eigenvalue weighted by atomic mass is 15.5. The Hall–Kier alpha value is -3.85. The Morgan fingerprint density at radius 1 is 0.757 bits per heavy atom. The Bertz CT molecular complexity index is 1530. The molecule has 3 nitrogen and oxygen atoms in total. The zero-order valence-corrected chi connectivity index (χ0v) is 22.7. The molecular formula is C34H35N3. The third-order valence-corrected chi connectivity index (χ3v) is 9.10. The SMILES string of the molecule is C=CC1(C)c2ccc(-c3c(C)cccc3C)cc2N2c3ncccc3N(c3ccccc3C)C2C1(C)C. The molecule has 0 spiro atoms. The van der Waals surface area contributed by atoms with Crippen molar-refractivity contribution in [2.75, 3.05) is 9.80 Å². The van der Waals surface area contributed by atoms with E-state index in [9.17, 15) is 0 Å². The van der Waals surface area contributed by atoms with Crippen LogP contribution in [0.15, 0.2) is 91.6 Å². The average Bonchev–Trinajstić information content (AvgIpc) is 3.24. The predicted octanol–water partition coefficient (Wildman–Crippen LogP) is 8.77. The lowest BCUT2D eigenvalue weighted by Crippen LogP contribution is -2.60. The van der Waals surface area contributed by atoms with Gasteiger partial charge in [-0.05, 0) is 78.4 Å². The van der Waals surface area contributed by atoms with E-state index in [1.807, 2.05) is 6.20 Å². The van der Waals surface area contributed by atoms with Crippen molar-refractivity contribution < 1.29 is 0 Å². The average molecular weight is 486 g/mol. The van der Waals surface area contributed by atoms with Crippen LogP contribution in [-0.4, -0.2) is 11.1 Å². The molecule has 3 heterocycles. The molecule has 4 aromatic rings. The van der Waals surface area contributed by atoms with Crippen molar-refractivity contribution in [2.45, 2.75) is 53.1 Å². The van der Waals surface area contributed by atoms with Gasteiger partial charge >= 0.3 is 0 Å². The highest BCUT2D eigenvalue weighted by molar-refractivity contribution is 5.91. The molecule has 0 radical (unpaired) electrons. The van der Waals surface area contributed by atoms with Crippen LogP contribution in [0.3, 0.4) is 0 Å². The smallest absolute Gasteiger partial charge is 0.158 e. The molecule has 6 rings (SSSR count). The molecule has 3 aromatic carbocycles. The van der Waals surface area contributed by atoms with E-state index in [2.05, 4.69) is 137 Å². The Labute approximate surface area is 221 Å². The molecule has 1 aromatic heterocycles. The molecule has 0 amide bonds. The summed E-state index contributed by atoms with van der Waals surface area (Å²) in [4.78, 5) is 9.98. The van der Waals surface area contributed by atoms with Crippen molar-refractivity contribution >= 4 is 22.9 Å². The monoisotopic (exact) mass is 485 g/mol. The first-order chi connectivity index (χ1) is 17.7. The third-order valence-electron chi connectivity index (χ3n) is 9.10.